The van der Waals surface area contributed by atoms with Crippen molar-refractivity contribution in [1.82, 2.24) is 9.80 Å². The zero-order valence-corrected chi connectivity index (χ0v) is 12.5. The van der Waals surface area contributed by atoms with Crippen LogP contribution in [0.25, 0.3) is 0 Å². The first-order valence-corrected chi connectivity index (χ1v) is 7.34. The van der Waals surface area contributed by atoms with Gasteiger partial charge in [-0.05, 0) is 31.2 Å². The molecule has 0 aliphatic carbocycles. The number of carbonyl (C=O) groups is 2. The summed E-state index contributed by atoms with van der Waals surface area (Å²) < 4.78 is 5.13. The van der Waals surface area contributed by atoms with Crippen LogP contribution in [0.4, 0.5) is 0 Å². The highest BCUT2D eigenvalue weighted by Crippen LogP contribution is 2.12. The van der Waals surface area contributed by atoms with Gasteiger partial charge in [-0.2, -0.15) is 0 Å². The second-order valence-corrected chi connectivity index (χ2v) is 5.43. The van der Waals surface area contributed by atoms with Gasteiger partial charge in [0, 0.05) is 31.7 Å². The van der Waals surface area contributed by atoms with E-state index in [0.29, 0.717) is 37.5 Å². The fourth-order valence-electron chi connectivity index (χ4n) is 2.55. The van der Waals surface area contributed by atoms with E-state index in [-0.39, 0.29) is 11.8 Å². The number of benzene rings is 1. The van der Waals surface area contributed by atoms with Gasteiger partial charge in [0.05, 0.1) is 6.26 Å². The summed E-state index contributed by atoms with van der Waals surface area (Å²) in [7, 11) is 0. The lowest BCUT2D eigenvalue weighted by atomic mass is 10.1. The van der Waals surface area contributed by atoms with Gasteiger partial charge in [-0.15, -0.1) is 0 Å². The molecule has 0 spiro atoms. The number of carbonyl (C=O) groups excluding carboxylic acids is 2. The van der Waals surface area contributed by atoms with Crippen LogP contribution in [0.2, 0.25) is 0 Å². The number of furan rings is 1. The topological polar surface area (TPSA) is 53.8 Å². The van der Waals surface area contributed by atoms with E-state index in [9.17, 15) is 9.59 Å². The van der Waals surface area contributed by atoms with Crippen LogP contribution in [0.15, 0.2) is 47.1 Å². The maximum atomic E-state index is 12.4. The van der Waals surface area contributed by atoms with Crippen LogP contribution in [0.1, 0.15) is 26.5 Å². The van der Waals surface area contributed by atoms with E-state index in [2.05, 4.69) is 0 Å². The summed E-state index contributed by atoms with van der Waals surface area (Å²) in [6.07, 6.45) is 1.49. The summed E-state index contributed by atoms with van der Waals surface area (Å²) >= 11 is 0. The normalized spacial score (nSPS) is 15.0. The number of aryl methyl sites for hydroxylation is 1. The van der Waals surface area contributed by atoms with Gasteiger partial charge in [0.2, 0.25) is 0 Å². The summed E-state index contributed by atoms with van der Waals surface area (Å²) in [5.74, 6) is 0.246. The first-order chi connectivity index (χ1) is 10.6. The second-order valence-electron chi connectivity index (χ2n) is 5.43. The lowest BCUT2D eigenvalue weighted by molar-refractivity contribution is 0.0518. The molecule has 1 aromatic heterocycles. The van der Waals surface area contributed by atoms with Crippen molar-refractivity contribution in [2.75, 3.05) is 26.2 Å². The van der Waals surface area contributed by atoms with Gasteiger partial charge < -0.3 is 14.2 Å². The summed E-state index contributed by atoms with van der Waals surface area (Å²) in [6, 6.07) is 10.9. The average molecular weight is 298 g/mol. The molecule has 5 heteroatoms. The molecular formula is C17H18N2O3. The van der Waals surface area contributed by atoms with Crippen LogP contribution >= 0.6 is 0 Å². The summed E-state index contributed by atoms with van der Waals surface area (Å²) in [5.41, 5.74) is 1.82. The van der Waals surface area contributed by atoms with Crippen molar-refractivity contribution in [2.45, 2.75) is 6.92 Å². The van der Waals surface area contributed by atoms with Crippen molar-refractivity contribution in [1.29, 1.82) is 0 Å². The Hall–Kier alpha value is -2.56. The predicted octanol–water partition coefficient (Wildman–Crippen LogP) is 2.19. The number of rotatable bonds is 2. The third kappa shape index (κ3) is 2.88. The molecule has 0 saturated carbocycles. The van der Waals surface area contributed by atoms with E-state index >= 15 is 0 Å². The fraction of sp³-hybridized carbons (Fsp3) is 0.294. The molecule has 1 aliphatic rings. The molecule has 0 radical (unpaired) electrons. The Morgan fingerprint density at radius 3 is 2.05 bits per heavy atom. The van der Waals surface area contributed by atoms with Crippen LogP contribution in [-0.2, 0) is 0 Å². The van der Waals surface area contributed by atoms with Gasteiger partial charge in [-0.1, -0.05) is 17.7 Å². The highest BCUT2D eigenvalue weighted by atomic mass is 16.3. The Bertz CT molecular complexity index is 654. The molecule has 2 amide bonds. The van der Waals surface area contributed by atoms with Gasteiger partial charge in [-0.25, -0.2) is 0 Å². The van der Waals surface area contributed by atoms with Gasteiger partial charge in [0.25, 0.3) is 11.8 Å². The van der Waals surface area contributed by atoms with Crippen LogP contribution < -0.4 is 0 Å². The maximum Gasteiger partial charge on any atom is 0.289 e. The lowest BCUT2D eigenvalue weighted by Gasteiger charge is -2.34. The molecule has 1 saturated heterocycles. The largest absolute Gasteiger partial charge is 0.459 e. The summed E-state index contributed by atoms with van der Waals surface area (Å²) in [5, 5.41) is 0. The molecule has 1 aliphatic heterocycles. The zero-order valence-electron chi connectivity index (χ0n) is 12.5. The number of nitrogens with zero attached hydrogens (tertiary/aromatic N) is 2. The predicted molar refractivity (Wildman–Crippen MR) is 81.7 cm³/mol. The van der Waals surface area contributed by atoms with E-state index in [4.69, 9.17) is 4.42 Å². The first-order valence-electron chi connectivity index (χ1n) is 7.34. The van der Waals surface area contributed by atoms with Gasteiger partial charge in [-0.3, -0.25) is 9.59 Å². The Morgan fingerprint density at radius 2 is 1.50 bits per heavy atom. The highest BCUT2D eigenvalue weighted by molar-refractivity contribution is 5.95. The van der Waals surface area contributed by atoms with Crippen molar-refractivity contribution < 1.29 is 14.0 Å². The molecule has 2 heterocycles. The molecule has 114 valence electrons. The molecule has 0 bridgehead atoms. The third-order valence-corrected chi connectivity index (χ3v) is 3.88. The number of amides is 2. The Kier molecular flexibility index (Phi) is 3.96. The van der Waals surface area contributed by atoms with E-state index in [1.165, 1.54) is 6.26 Å². The molecule has 22 heavy (non-hydrogen) atoms. The zero-order chi connectivity index (χ0) is 15.5. The summed E-state index contributed by atoms with van der Waals surface area (Å²) in [4.78, 5) is 28.1. The average Bonchev–Trinajstić information content (AvgIpc) is 3.09. The van der Waals surface area contributed by atoms with E-state index < -0.39 is 0 Å². The highest BCUT2D eigenvalue weighted by Gasteiger charge is 2.26. The van der Waals surface area contributed by atoms with Crippen LogP contribution in [0.3, 0.4) is 0 Å². The third-order valence-electron chi connectivity index (χ3n) is 3.88. The Labute approximate surface area is 129 Å². The monoisotopic (exact) mass is 298 g/mol. The van der Waals surface area contributed by atoms with Crippen LogP contribution in [0, 0.1) is 6.92 Å². The Balaban J connectivity index is 1.60. The van der Waals surface area contributed by atoms with Crippen molar-refractivity contribution in [3.05, 3.63) is 59.5 Å². The molecule has 0 unspecified atom stereocenters. The van der Waals surface area contributed by atoms with E-state index in [1.807, 2.05) is 31.2 Å². The minimum Gasteiger partial charge on any atom is -0.459 e. The Morgan fingerprint density at radius 1 is 0.909 bits per heavy atom. The molecule has 2 aromatic rings. The molecular weight excluding hydrogens is 280 g/mol. The molecule has 1 aromatic carbocycles. The molecule has 1 fully saturated rings. The van der Waals surface area contributed by atoms with Crippen LogP contribution in [-0.4, -0.2) is 47.8 Å². The fourth-order valence-corrected chi connectivity index (χ4v) is 2.55. The lowest BCUT2D eigenvalue weighted by Crippen LogP contribution is -2.50. The van der Waals surface area contributed by atoms with Crippen molar-refractivity contribution in [2.24, 2.45) is 0 Å². The maximum absolute atomic E-state index is 12.4. The minimum absolute atomic E-state index is 0.0186. The van der Waals surface area contributed by atoms with Crippen LogP contribution in [0.5, 0.6) is 0 Å². The number of hydrogen-bond acceptors (Lipinski definition) is 3. The molecule has 5 nitrogen and oxygen atoms in total. The first kappa shape index (κ1) is 14.4. The molecule has 0 atom stereocenters. The molecule has 0 N–H and O–H groups in total. The van der Waals surface area contributed by atoms with Crippen molar-refractivity contribution in [3.8, 4) is 0 Å². The van der Waals surface area contributed by atoms with E-state index in [0.717, 1.165) is 5.56 Å². The SMILES string of the molecule is Cc1ccc(C(=O)N2CCN(C(=O)c3ccco3)CC2)cc1. The second kappa shape index (κ2) is 6.05. The smallest absolute Gasteiger partial charge is 0.289 e. The minimum atomic E-state index is -0.118. The van der Waals surface area contributed by atoms with Gasteiger partial charge in [0.15, 0.2) is 5.76 Å². The van der Waals surface area contributed by atoms with Gasteiger partial charge >= 0.3 is 0 Å². The van der Waals surface area contributed by atoms with E-state index in [1.54, 1.807) is 21.9 Å². The number of piperazine rings is 1. The summed E-state index contributed by atoms with van der Waals surface area (Å²) in [6.45, 7) is 4.12. The molecule has 3 rings (SSSR count). The van der Waals surface area contributed by atoms with Crippen molar-refractivity contribution >= 4 is 11.8 Å². The standard InChI is InChI=1S/C17H18N2O3/c1-13-4-6-14(7-5-13)16(20)18-8-10-19(11-9-18)17(21)15-3-2-12-22-15/h2-7,12H,8-11H2,1H3. The van der Waals surface area contributed by atoms with Crippen molar-refractivity contribution in [3.63, 3.8) is 0 Å². The number of hydrogen-bond donors (Lipinski definition) is 0. The van der Waals surface area contributed by atoms with Gasteiger partial charge in [0.1, 0.15) is 0 Å². The quantitative estimate of drug-likeness (QED) is 0.854.